The van der Waals surface area contributed by atoms with Crippen LogP contribution >= 0.6 is 0 Å². The molecule has 0 unspecified atom stereocenters. The Hall–Kier alpha value is -1.58. The van der Waals surface area contributed by atoms with Gasteiger partial charge in [-0.2, -0.15) is 0 Å². The normalized spacial score (nSPS) is 13.2. The van der Waals surface area contributed by atoms with E-state index in [0.717, 1.165) is 0 Å². The minimum Gasteiger partial charge on any atom is -0.353 e. The van der Waals surface area contributed by atoms with Crippen molar-refractivity contribution in [3.8, 4) is 5.75 Å². The molecule has 11 heavy (non-hydrogen) atoms. The standard InChI is InChI=1S/C7H4FN2O/c8-5-1-2-7-6(3-5)9-4-10-11-7/h1-4H. The third-order valence-corrected chi connectivity index (χ3v) is 1.32. The van der Waals surface area contributed by atoms with Crippen LogP contribution < -0.4 is 10.3 Å². The summed E-state index contributed by atoms with van der Waals surface area (Å²) in [5, 5.41) is 0. The quantitative estimate of drug-likeness (QED) is 0.552. The fraction of sp³-hybridized carbons (Fsp3) is 0. The van der Waals surface area contributed by atoms with Gasteiger partial charge in [-0.05, 0) is 12.1 Å². The molecule has 0 saturated carbocycles. The average Bonchev–Trinajstić information content (AvgIpc) is 2.04. The minimum atomic E-state index is -0.327. The Balaban J connectivity index is 2.54. The van der Waals surface area contributed by atoms with Gasteiger partial charge in [0, 0.05) is 6.07 Å². The number of hydroxylamine groups is 1. The zero-order valence-corrected chi connectivity index (χ0v) is 5.49. The van der Waals surface area contributed by atoms with E-state index in [1.807, 2.05) is 0 Å². The molecule has 0 aromatic heterocycles. The lowest BCUT2D eigenvalue weighted by molar-refractivity contribution is 0.254. The summed E-state index contributed by atoms with van der Waals surface area (Å²) in [6.45, 7) is 0. The molecule has 1 aromatic carbocycles. The van der Waals surface area contributed by atoms with Crippen molar-refractivity contribution >= 4 is 12.0 Å². The van der Waals surface area contributed by atoms with Gasteiger partial charge in [-0.15, -0.1) is 0 Å². The summed E-state index contributed by atoms with van der Waals surface area (Å²) in [5.74, 6) is 0.153. The molecule has 0 aliphatic carbocycles. The zero-order chi connectivity index (χ0) is 7.68. The third-order valence-electron chi connectivity index (χ3n) is 1.32. The summed E-state index contributed by atoms with van der Waals surface area (Å²) < 4.78 is 12.5. The predicted molar refractivity (Wildman–Crippen MR) is 37.3 cm³/mol. The Bertz CT molecular complexity index is 311. The average molecular weight is 151 g/mol. The number of benzene rings is 1. The largest absolute Gasteiger partial charge is 0.353 e. The van der Waals surface area contributed by atoms with E-state index < -0.39 is 0 Å². The predicted octanol–water partition coefficient (Wildman–Crippen LogP) is 1.40. The van der Waals surface area contributed by atoms with Crippen LogP contribution in [0.15, 0.2) is 23.2 Å². The first kappa shape index (κ1) is 6.15. The Labute approximate surface area is 62.5 Å². The summed E-state index contributed by atoms with van der Waals surface area (Å²) >= 11 is 0. The summed E-state index contributed by atoms with van der Waals surface area (Å²) in [5.41, 5.74) is 3.91. The number of rotatable bonds is 0. The monoisotopic (exact) mass is 151 g/mol. The highest BCUT2D eigenvalue weighted by Gasteiger charge is 2.07. The van der Waals surface area contributed by atoms with E-state index in [-0.39, 0.29) is 5.82 Å². The molecule has 4 heteroatoms. The molecule has 1 radical (unpaired) electrons. The van der Waals surface area contributed by atoms with Crippen molar-refractivity contribution in [1.29, 1.82) is 0 Å². The number of fused-ring (bicyclic) bond motifs is 1. The van der Waals surface area contributed by atoms with Crippen LogP contribution in [0, 0.1) is 5.82 Å². The van der Waals surface area contributed by atoms with Gasteiger partial charge in [-0.3, -0.25) is 0 Å². The van der Waals surface area contributed by atoms with E-state index in [9.17, 15) is 4.39 Å². The van der Waals surface area contributed by atoms with Crippen LogP contribution in [0.2, 0.25) is 0 Å². The van der Waals surface area contributed by atoms with E-state index in [1.165, 1.54) is 24.5 Å². The SMILES string of the molecule is Fc1ccc2c(c1)N=C[N]O2. The molecule has 1 aliphatic rings. The van der Waals surface area contributed by atoms with Gasteiger partial charge >= 0.3 is 0 Å². The highest BCUT2D eigenvalue weighted by Crippen LogP contribution is 2.28. The first-order chi connectivity index (χ1) is 5.36. The molecule has 0 spiro atoms. The van der Waals surface area contributed by atoms with E-state index >= 15 is 0 Å². The molecular weight excluding hydrogens is 147 g/mol. The molecule has 0 saturated heterocycles. The molecular formula is C7H4FN2O. The molecule has 0 fully saturated rings. The van der Waals surface area contributed by atoms with Crippen molar-refractivity contribution in [2.45, 2.75) is 0 Å². The van der Waals surface area contributed by atoms with Gasteiger partial charge in [-0.1, -0.05) is 5.48 Å². The Kier molecular flexibility index (Phi) is 1.25. The van der Waals surface area contributed by atoms with Crippen LogP contribution in [0.4, 0.5) is 10.1 Å². The van der Waals surface area contributed by atoms with Crippen LogP contribution in [0.5, 0.6) is 5.75 Å². The Morgan fingerprint density at radius 1 is 1.36 bits per heavy atom. The molecule has 1 aliphatic heterocycles. The fourth-order valence-corrected chi connectivity index (χ4v) is 0.835. The summed E-state index contributed by atoms with van der Waals surface area (Å²) in [4.78, 5) is 8.58. The molecule has 0 amide bonds. The number of halogens is 1. The summed E-state index contributed by atoms with van der Waals surface area (Å²) in [6.07, 6.45) is 1.24. The molecule has 2 rings (SSSR count). The Morgan fingerprint density at radius 2 is 2.27 bits per heavy atom. The summed E-state index contributed by atoms with van der Waals surface area (Å²) in [7, 11) is 0. The first-order valence-corrected chi connectivity index (χ1v) is 3.05. The van der Waals surface area contributed by atoms with Gasteiger partial charge in [0.25, 0.3) is 0 Å². The fourth-order valence-electron chi connectivity index (χ4n) is 0.835. The van der Waals surface area contributed by atoms with E-state index in [1.54, 1.807) is 0 Å². The molecule has 1 heterocycles. The maximum absolute atomic E-state index is 12.5. The van der Waals surface area contributed by atoms with Gasteiger partial charge in [0.2, 0.25) is 0 Å². The van der Waals surface area contributed by atoms with Crippen molar-refractivity contribution in [3.05, 3.63) is 24.0 Å². The highest BCUT2D eigenvalue weighted by molar-refractivity contribution is 5.66. The molecule has 0 bridgehead atoms. The highest BCUT2D eigenvalue weighted by atomic mass is 19.1. The van der Waals surface area contributed by atoms with E-state index in [4.69, 9.17) is 4.84 Å². The van der Waals surface area contributed by atoms with Gasteiger partial charge < -0.3 is 4.84 Å². The van der Waals surface area contributed by atoms with Crippen LogP contribution in [-0.2, 0) is 0 Å². The molecule has 1 aromatic rings. The lowest BCUT2D eigenvalue weighted by Crippen LogP contribution is -2.10. The third kappa shape index (κ3) is 1.02. The minimum absolute atomic E-state index is 0.327. The number of aliphatic imine (C=N–C) groups is 1. The number of nitrogens with zero attached hydrogens (tertiary/aromatic N) is 2. The van der Waals surface area contributed by atoms with Crippen LogP contribution in [-0.4, -0.2) is 6.34 Å². The second kappa shape index (κ2) is 2.23. The van der Waals surface area contributed by atoms with Crippen LogP contribution in [0.25, 0.3) is 0 Å². The number of hydrogen-bond donors (Lipinski definition) is 0. The molecule has 3 nitrogen and oxygen atoms in total. The number of hydrogen-bond acceptors (Lipinski definition) is 2. The van der Waals surface area contributed by atoms with Crippen molar-refractivity contribution in [3.63, 3.8) is 0 Å². The van der Waals surface area contributed by atoms with Gasteiger partial charge in [0.15, 0.2) is 12.1 Å². The van der Waals surface area contributed by atoms with Gasteiger partial charge in [0.1, 0.15) is 11.5 Å². The van der Waals surface area contributed by atoms with Crippen LogP contribution in [0.1, 0.15) is 0 Å². The maximum Gasteiger partial charge on any atom is 0.183 e. The van der Waals surface area contributed by atoms with Crippen molar-refractivity contribution in [2.24, 2.45) is 4.99 Å². The van der Waals surface area contributed by atoms with Gasteiger partial charge in [-0.25, -0.2) is 9.38 Å². The molecule has 55 valence electrons. The topological polar surface area (TPSA) is 35.7 Å². The second-order valence-electron chi connectivity index (χ2n) is 2.05. The first-order valence-electron chi connectivity index (χ1n) is 3.05. The van der Waals surface area contributed by atoms with E-state index in [2.05, 4.69) is 10.5 Å². The Morgan fingerprint density at radius 3 is 3.18 bits per heavy atom. The van der Waals surface area contributed by atoms with Crippen molar-refractivity contribution in [2.75, 3.05) is 0 Å². The lowest BCUT2D eigenvalue weighted by atomic mass is 10.3. The van der Waals surface area contributed by atoms with Crippen LogP contribution in [0.3, 0.4) is 0 Å². The molecule has 0 atom stereocenters. The van der Waals surface area contributed by atoms with Gasteiger partial charge in [0.05, 0.1) is 0 Å². The lowest BCUT2D eigenvalue weighted by Gasteiger charge is -2.07. The molecule has 0 N–H and O–H groups in total. The van der Waals surface area contributed by atoms with E-state index in [0.29, 0.717) is 11.4 Å². The maximum atomic E-state index is 12.5. The smallest absolute Gasteiger partial charge is 0.183 e. The van der Waals surface area contributed by atoms with Crippen molar-refractivity contribution in [1.82, 2.24) is 5.48 Å². The zero-order valence-electron chi connectivity index (χ0n) is 5.49. The van der Waals surface area contributed by atoms with Crippen molar-refractivity contribution < 1.29 is 9.23 Å². The summed E-state index contributed by atoms with van der Waals surface area (Å²) in [6, 6.07) is 4.08. The second-order valence-corrected chi connectivity index (χ2v) is 2.05.